The molecule has 0 spiro atoms. The standard InChI is InChI=1S/C11H20BrNO2S/c1-16-9-4-11(14)13-6-2-10(3-7-13)15-8-5-12/h10H,2-9H2,1H3. The van der Waals surface area contributed by atoms with Crippen LogP contribution in [0.2, 0.25) is 0 Å². The quantitative estimate of drug-likeness (QED) is 0.704. The van der Waals surface area contributed by atoms with E-state index in [4.69, 9.17) is 4.74 Å². The van der Waals surface area contributed by atoms with Crippen molar-refractivity contribution in [1.29, 1.82) is 0 Å². The number of hydrogen-bond acceptors (Lipinski definition) is 3. The number of alkyl halides is 1. The third-order valence-electron chi connectivity index (χ3n) is 2.75. The van der Waals surface area contributed by atoms with Crippen LogP contribution < -0.4 is 0 Å². The molecule has 1 aliphatic heterocycles. The van der Waals surface area contributed by atoms with Gasteiger partial charge in [0.15, 0.2) is 0 Å². The lowest BCUT2D eigenvalue weighted by atomic mass is 10.1. The van der Waals surface area contributed by atoms with Gasteiger partial charge in [0.05, 0.1) is 12.7 Å². The molecule has 5 heteroatoms. The molecule has 1 saturated heterocycles. The predicted molar refractivity (Wildman–Crippen MR) is 72.3 cm³/mol. The smallest absolute Gasteiger partial charge is 0.223 e. The van der Waals surface area contributed by atoms with Crippen LogP contribution in [0.15, 0.2) is 0 Å². The third-order valence-corrected chi connectivity index (χ3v) is 3.68. The van der Waals surface area contributed by atoms with Crippen molar-refractivity contribution >= 4 is 33.6 Å². The van der Waals surface area contributed by atoms with Gasteiger partial charge in [-0.3, -0.25) is 4.79 Å². The average molecular weight is 310 g/mol. The van der Waals surface area contributed by atoms with Gasteiger partial charge in [-0.25, -0.2) is 0 Å². The molecule has 1 rings (SSSR count). The minimum atomic E-state index is 0.299. The first-order chi connectivity index (χ1) is 7.77. The van der Waals surface area contributed by atoms with Gasteiger partial charge in [-0.05, 0) is 19.1 Å². The lowest BCUT2D eigenvalue weighted by molar-refractivity contribution is -0.133. The van der Waals surface area contributed by atoms with E-state index in [1.165, 1.54) is 0 Å². The molecule has 0 bridgehead atoms. The molecule has 1 fully saturated rings. The highest BCUT2D eigenvalue weighted by atomic mass is 79.9. The first-order valence-electron chi connectivity index (χ1n) is 5.72. The van der Waals surface area contributed by atoms with Gasteiger partial charge in [-0.1, -0.05) is 15.9 Å². The zero-order chi connectivity index (χ0) is 11.8. The fourth-order valence-electron chi connectivity index (χ4n) is 1.83. The minimum Gasteiger partial charge on any atom is -0.377 e. The van der Waals surface area contributed by atoms with E-state index in [9.17, 15) is 4.79 Å². The van der Waals surface area contributed by atoms with Crippen LogP contribution >= 0.6 is 27.7 Å². The third kappa shape index (κ3) is 5.06. The van der Waals surface area contributed by atoms with Gasteiger partial charge < -0.3 is 9.64 Å². The second kappa shape index (κ2) is 8.37. The summed E-state index contributed by atoms with van der Waals surface area (Å²) in [4.78, 5) is 13.7. The Morgan fingerprint density at radius 2 is 2.19 bits per heavy atom. The summed E-state index contributed by atoms with van der Waals surface area (Å²) in [5.74, 6) is 1.23. The molecule has 0 unspecified atom stereocenters. The van der Waals surface area contributed by atoms with Crippen molar-refractivity contribution in [2.75, 3.05) is 37.0 Å². The number of hydrogen-bond donors (Lipinski definition) is 0. The van der Waals surface area contributed by atoms with E-state index >= 15 is 0 Å². The Bertz CT molecular complexity index is 208. The molecule has 1 aliphatic rings. The van der Waals surface area contributed by atoms with Crippen molar-refractivity contribution in [3.63, 3.8) is 0 Å². The molecule has 0 N–H and O–H groups in total. The molecule has 16 heavy (non-hydrogen) atoms. The Balaban J connectivity index is 2.18. The fourth-order valence-corrected chi connectivity index (χ4v) is 2.40. The van der Waals surface area contributed by atoms with Crippen molar-refractivity contribution in [3.8, 4) is 0 Å². The van der Waals surface area contributed by atoms with E-state index in [2.05, 4.69) is 15.9 Å². The van der Waals surface area contributed by atoms with Crippen LogP contribution in [0.5, 0.6) is 0 Å². The molecule has 0 saturated carbocycles. The van der Waals surface area contributed by atoms with E-state index in [1.807, 2.05) is 11.2 Å². The Hall–Kier alpha value is 0.260. The summed E-state index contributed by atoms with van der Waals surface area (Å²) in [7, 11) is 0. The molecule has 0 atom stereocenters. The zero-order valence-electron chi connectivity index (χ0n) is 9.78. The largest absolute Gasteiger partial charge is 0.377 e. The van der Waals surface area contributed by atoms with Crippen molar-refractivity contribution in [1.82, 2.24) is 4.90 Å². The summed E-state index contributed by atoms with van der Waals surface area (Å²) in [5, 5.41) is 0.889. The van der Waals surface area contributed by atoms with Gasteiger partial charge in [-0.2, -0.15) is 11.8 Å². The number of rotatable bonds is 6. The Morgan fingerprint density at radius 3 is 2.75 bits per heavy atom. The first kappa shape index (κ1) is 14.3. The van der Waals surface area contributed by atoms with Gasteiger partial charge in [-0.15, -0.1) is 0 Å². The molecule has 94 valence electrons. The second-order valence-corrected chi connectivity index (χ2v) is 5.66. The van der Waals surface area contributed by atoms with Crippen LogP contribution in [-0.4, -0.2) is 53.9 Å². The number of carbonyl (C=O) groups excluding carboxylic acids is 1. The lowest BCUT2D eigenvalue weighted by Gasteiger charge is -2.31. The number of halogens is 1. The highest BCUT2D eigenvalue weighted by molar-refractivity contribution is 9.09. The number of nitrogens with zero attached hydrogens (tertiary/aromatic N) is 1. The Kier molecular flexibility index (Phi) is 7.49. The van der Waals surface area contributed by atoms with E-state index in [0.717, 1.165) is 43.6 Å². The molecule has 1 heterocycles. The Labute approximate surface area is 110 Å². The topological polar surface area (TPSA) is 29.5 Å². The van der Waals surface area contributed by atoms with Gasteiger partial charge >= 0.3 is 0 Å². The van der Waals surface area contributed by atoms with Crippen molar-refractivity contribution in [2.45, 2.75) is 25.4 Å². The second-order valence-electron chi connectivity index (χ2n) is 3.88. The number of ether oxygens (including phenoxy) is 1. The molecule has 0 radical (unpaired) electrons. The van der Waals surface area contributed by atoms with Crippen LogP contribution in [0.4, 0.5) is 0 Å². The van der Waals surface area contributed by atoms with E-state index in [0.29, 0.717) is 18.4 Å². The van der Waals surface area contributed by atoms with E-state index < -0.39 is 0 Å². The highest BCUT2D eigenvalue weighted by Crippen LogP contribution is 2.15. The minimum absolute atomic E-state index is 0.299. The summed E-state index contributed by atoms with van der Waals surface area (Å²) in [6.07, 6.45) is 5.03. The van der Waals surface area contributed by atoms with Crippen LogP contribution in [-0.2, 0) is 9.53 Å². The SMILES string of the molecule is CSCCC(=O)N1CCC(OCCBr)CC1. The summed E-state index contributed by atoms with van der Waals surface area (Å²) < 4.78 is 5.65. The predicted octanol–water partition coefficient (Wildman–Crippen LogP) is 2.14. The summed E-state index contributed by atoms with van der Waals surface area (Å²) >= 11 is 5.08. The molecule has 0 aliphatic carbocycles. The van der Waals surface area contributed by atoms with Crippen molar-refractivity contribution in [2.24, 2.45) is 0 Å². The summed E-state index contributed by atoms with van der Waals surface area (Å²) in [6.45, 7) is 2.49. The maximum absolute atomic E-state index is 11.7. The van der Waals surface area contributed by atoms with E-state index in [-0.39, 0.29) is 0 Å². The first-order valence-corrected chi connectivity index (χ1v) is 8.23. The van der Waals surface area contributed by atoms with Gasteiger partial charge in [0.2, 0.25) is 5.91 Å². The van der Waals surface area contributed by atoms with Crippen LogP contribution in [0.3, 0.4) is 0 Å². The maximum atomic E-state index is 11.7. The monoisotopic (exact) mass is 309 g/mol. The van der Waals surface area contributed by atoms with E-state index in [1.54, 1.807) is 11.8 Å². The number of carbonyl (C=O) groups is 1. The molecule has 0 aromatic carbocycles. The van der Waals surface area contributed by atoms with Crippen LogP contribution in [0.1, 0.15) is 19.3 Å². The molecule has 1 amide bonds. The summed E-state index contributed by atoms with van der Waals surface area (Å²) in [5.41, 5.74) is 0. The zero-order valence-corrected chi connectivity index (χ0v) is 12.2. The molecule has 0 aromatic rings. The molecule has 0 aromatic heterocycles. The van der Waals surface area contributed by atoms with Gasteiger partial charge in [0.25, 0.3) is 0 Å². The summed E-state index contributed by atoms with van der Waals surface area (Å²) in [6, 6.07) is 0. The van der Waals surface area contributed by atoms with Gasteiger partial charge in [0.1, 0.15) is 0 Å². The highest BCUT2D eigenvalue weighted by Gasteiger charge is 2.22. The van der Waals surface area contributed by atoms with Crippen LogP contribution in [0.25, 0.3) is 0 Å². The normalized spacial score (nSPS) is 17.8. The van der Waals surface area contributed by atoms with Gasteiger partial charge in [0, 0.05) is 30.6 Å². The molecular weight excluding hydrogens is 290 g/mol. The fraction of sp³-hybridized carbons (Fsp3) is 0.909. The van der Waals surface area contributed by atoms with Crippen molar-refractivity contribution < 1.29 is 9.53 Å². The molecule has 3 nitrogen and oxygen atoms in total. The van der Waals surface area contributed by atoms with Crippen LogP contribution in [0, 0.1) is 0 Å². The number of piperidine rings is 1. The Morgan fingerprint density at radius 1 is 1.50 bits per heavy atom. The molecular formula is C11H20BrNO2S. The number of likely N-dealkylation sites (tertiary alicyclic amines) is 1. The lowest BCUT2D eigenvalue weighted by Crippen LogP contribution is -2.41. The average Bonchev–Trinajstić information content (AvgIpc) is 2.34. The number of thioether (sulfide) groups is 1. The number of amides is 1. The van der Waals surface area contributed by atoms with Crippen molar-refractivity contribution in [3.05, 3.63) is 0 Å². The maximum Gasteiger partial charge on any atom is 0.223 e.